The minimum absolute atomic E-state index is 0.616. The Morgan fingerprint density at radius 3 is 1.74 bits per heavy atom. The molecule has 0 amide bonds. The van der Waals surface area contributed by atoms with Crippen molar-refractivity contribution in [1.29, 1.82) is 0 Å². The highest BCUT2D eigenvalue weighted by Gasteiger charge is 2.18. The minimum atomic E-state index is 0.616. The third-order valence-corrected chi connectivity index (χ3v) is 9.32. The monoisotopic (exact) mass is 608 g/mol. The van der Waals surface area contributed by atoms with Crippen LogP contribution >= 0.6 is 11.3 Å². The van der Waals surface area contributed by atoms with Crippen LogP contribution in [0.1, 0.15) is 0 Å². The van der Waals surface area contributed by atoms with E-state index in [-0.39, 0.29) is 0 Å². The van der Waals surface area contributed by atoms with E-state index in [0.717, 1.165) is 55.3 Å². The van der Waals surface area contributed by atoms with Crippen LogP contribution in [0.25, 0.3) is 88.0 Å². The summed E-state index contributed by atoms with van der Waals surface area (Å²) in [4.78, 5) is 19.8. The number of hydrogen-bond acceptors (Lipinski definition) is 6. The first-order valence-electron chi connectivity index (χ1n) is 15.1. The standard InChI is InChI=1S/C40H24N4OS/c1-4-12-25(13-5-1)37-42-38(26-14-6-2-7-15-26)44-39(43-37)30-19-11-21-34-35(30)31-24-28(22-23-33(31)46-34)29-18-10-20-32-36(29)45-40(41-32)27-16-8-3-9-17-27/h1-24H. The average molecular weight is 609 g/mol. The Hall–Kier alpha value is -5.98. The van der Waals surface area contributed by atoms with Gasteiger partial charge in [-0.2, -0.15) is 0 Å². The minimum Gasteiger partial charge on any atom is -0.435 e. The summed E-state index contributed by atoms with van der Waals surface area (Å²) in [6.07, 6.45) is 0. The summed E-state index contributed by atoms with van der Waals surface area (Å²) in [5.41, 5.74) is 7.50. The Labute approximate surface area is 268 Å². The van der Waals surface area contributed by atoms with E-state index in [2.05, 4.69) is 42.5 Å². The highest BCUT2D eigenvalue weighted by Crippen LogP contribution is 2.42. The van der Waals surface area contributed by atoms with Gasteiger partial charge in [0.15, 0.2) is 23.1 Å². The van der Waals surface area contributed by atoms with Gasteiger partial charge in [-0.3, -0.25) is 0 Å². The lowest BCUT2D eigenvalue weighted by Gasteiger charge is -2.10. The summed E-state index contributed by atoms with van der Waals surface area (Å²) in [5, 5.41) is 2.28. The second-order valence-corrected chi connectivity index (χ2v) is 12.2. The van der Waals surface area contributed by atoms with E-state index in [1.165, 1.54) is 9.40 Å². The van der Waals surface area contributed by atoms with Crippen molar-refractivity contribution in [3.05, 3.63) is 146 Å². The SMILES string of the molecule is c1ccc(-c2nc(-c3ccccc3)nc(-c3cccc4sc5ccc(-c6cccc7nc(-c8ccccc8)oc67)cc5c34)n2)cc1. The van der Waals surface area contributed by atoms with Crippen LogP contribution in [0, 0.1) is 0 Å². The van der Waals surface area contributed by atoms with Crippen LogP contribution in [-0.4, -0.2) is 19.9 Å². The molecule has 0 unspecified atom stereocenters. The van der Waals surface area contributed by atoms with E-state index >= 15 is 0 Å². The smallest absolute Gasteiger partial charge is 0.227 e. The van der Waals surface area contributed by atoms with Gasteiger partial charge in [-0.15, -0.1) is 11.3 Å². The molecule has 6 aromatic carbocycles. The number of rotatable bonds is 5. The predicted molar refractivity (Wildman–Crippen MR) is 187 cm³/mol. The first kappa shape index (κ1) is 26.4. The lowest BCUT2D eigenvalue weighted by Crippen LogP contribution is -2.00. The molecule has 0 radical (unpaired) electrons. The van der Waals surface area contributed by atoms with Gasteiger partial charge in [0.05, 0.1) is 0 Å². The third-order valence-electron chi connectivity index (χ3n) is 8.18. The molecule has 0 atom stereocenters. The van der Waals surface area contributed by atoms with Gasteiger partial charge in [0, 0.05) is 48.0 Å². The fourth-order valence-electron chi connectivity index (χ4n) is 5.99. The molecule has 9 aromatic rings. The first-order valence-corrected chi connectivity index (χ1v) is 15.9. The summed E-state index contributed by atoms with van der Waals surface area (Å²) < 4.78 is 8.76. The molecule has 46 heavy (non-hydrogen) atoms. The number of oxazole rings is 1. The molecule has 0 aliphatic carbocycles. The molecule has 3 heterocycles. The molecule has 0 N–H and O–H groups in total. The number of para-hydroxylation sites is 1. The molecule has 5 nitrogen and oxygen atoms in total. The van der Waals surface area contributed by atoms with Crippen LogP contribution in [0.15, 0.2) is 150 Å². The van der Waals surface area contributed by atoms with E-state index in [1.54, 1.807) is 11.3 Å². The maximum Gasteiger partial charge on any atom is 0.227 e. The van der Waals surface area contributed by atoms with Crippen molar-refractivity contribution in [3.63, 3.8) is 0 Å². The molecule has 0 aliphatic rings. The molecule has 9 rings (SSSR count). The summed E-state index contributed by atoms with van der Waals surface area (Å²) >= 11 is 1.77. The molecule has 0 bridgehead atoms. The van der Waals surface area contributed by atoms with E-state index in [1.807, 2.05) is 103 Å². The predicted octanol–water partition coefficient (Wildman–Crippen LogP) is 10.7. The van der Waals surface area contributed by atoms with Crippen molar-refractivity contribution in [3.8, 4) is 56.7 Å². The average Bonchev–Trinajstić information content (AvgIpc) is 3.74. The molecular formula is C40H24N4OS. The van der Waals surface area contributed by atoms with E-state index in [9.17, 15) is 0 Å². The van der Waals surface area contributed by atoms with Gasteiger partial charge >= 0.3 is 0 Å². The zero-order chi connectivity index (χ0) is 30.5. The van der Waals surface area contributed by atoms with Gasteiger partial charge in [-0.05, 0) is 42.0 Å². The van der Waals surface area contributed by atoms with Crippen molar-refractivity contribution < 1.29 is 4.42 Å². The number of benzene rings is 6. The number of fused-ring (bicyclic) bond motifs is 4. The van der Waals surface area contributed by atoms with Crippen molar-refractivity contribution in [2.45, 2.75) is 0 Å². The van der Waals surface area contributed by atoms with Crippen LogP contribution in [0.2, 0.25) is 0 Å². The molecule has 0 saturated heterocycles. The molecule has 0 aliphatic heterocycles. The Kier molecular flexibility index (Phi) is 6.25. The molecule has 0 saturated carbocycles. The summed E-state index contributed by atoms with van der Waals surface area (Å²) in [7, 11) is 0. The highest BCUT2D eigenvalue weighted by molar-refractivity contribution is 7.26. The number of nitrogens with zero attached hydrogens (tertiary/aromatic N) is 4. The molecule has 0 fully saturated rings. The number of hydrogen-bond donors (Lipinski definition) is 0. The van der Waals surface area contributed by atoms with Gasteiger partial charge in [0.1, 0.15) is 5.52 Å². The van der Waals surface area contributed by atoms with Gasteiger partial charge in [0.25, 0.3) is 0 Å². The van der Waals surface area contributed by atoms with Crippen LogP contribution in [-0.2, 0) is 0 Å². The van der Waals surface area contributed by atoms with Crippen molar-refractivity contribution in [1.82, 2.24) is 19.9 Å². The van der Waals surface area contributed by atoms with E-state index in [4.69, 9.17) is 24.4 Å². The molecule has 6 heteroatoms. The van der Waals surface area contributed by atoms with E-state index in [0.29, 0.717) is 23.4 Å². The molecule has 216 valence electrons. The second-order valence-electron chi connectivity index (χ2n) is 11.1. The van der Waals surface area contributed by atoms with Crippen molar-refractivity contribution in [2.24, 2.45) is 0 Å². The Morgan fingerprint density at radius 2 is 1.04 bits per heavy atom. The lowest BCUT2D eigenvalue weighted by atomic mass is 10.00. The van der Waals surface area contributed by atoms with E-state index < -0.39 is 0 Å². The quantitative estimate of drug-likeness (QED) is 0.194. The largest absolute Gasteiger partial charge is 0.435 e. The van der Waals surface area contributed by atoms with Crippen LogP contribution < -0.4 is 0 Å². The summed E-state index contributed by atoms with van der Waals surface area (Å²) in [6, 6.07) is 49.3. The van der Waals surface area contributed by atoms with Gasteiger partial charge in [-0.25, -0.2) is 19.9 Å². The molecule has 0 spiro atoms. The first-order chi connectivity index (χ1) is 22.8. The Bertz CT molecular complexity index is 2470. The zero-order valence-corrected chi connectivity index (χ0v) is 25.3. The van der Waals surface area contributed by atoms with Crippen molar-refractivity contribution in [2.75, 3.05) is 0 Å². The second kappa shape index (κ2) is 10.9. The topological polar surface area (TPSA) is 64.7 Å². The Morgan fingerprint density at radius 1 is 0.435 bits per heavy atom. The van der Waals surface area contributed by atoms with Gasteiger partial charge in [-0.1, -0.05) is 109 Å². The fourth-order valence-corrected chi connectivity index (χ4v) is 7.10. The van der Waals surface area contributed by atoms with Gasteiger partial charge in [0.2, 0.25) is 5.89 Å². The Balaban J connectivity index is 1.24. The zero-order valence-electron chi connectivity index (χ0n) is 24.5. The van der Waals surface area contributed by atoms with Gasteiger partial charge < -0.3 is 4.42 Å². The van der Waals surface area contributed by atoms with Crippen LogP contribution in [0.3, 0.4) is 0 Å². The van der Waals surface area contributed by atoms with Crippen LogP contribution in [0.5, 0.6) is 0 Å². The highest BCUT2D eigenvalue weighted by atomic mass is 32.1. The number of aromatic nitrogens is 4. The van der Waals surface area contributed by atoms with Crippen LogP contribution in [0.4, 0.5) is 0 Å². The maximum atomic E-state index is 6.39. The molecular weight excluding hydrogens is 585 g/mol. The molecule has 3 aromatic heterocycles. The van der Waals surface area contributed by atoms with Crippen molar-refractivity contribution >= 4 is 42.6 Å². The lowest BCUT2D eigenvalue weighted by molar-refractivity contribution is 0.621. The normalized spacial score (nSPS) is 11.5. The summed E-state index contributed by atoms with van der Waals surface area (Å²) in [6.45, 7) is 0. The fraction of sp³-hybridized carbons (Fsp3) is 0. The third kappa shape index (κ3) is 4.55. The summed E-state index contributed by atoms with van der Waals surface area (Å²) in [5.74, 6) is 2.56. The maximum absolute atomic E-state index is 6.39. The number of thiophene rings is 1.